The van der Waals surface area contributed by atoms with Gasteiger partial charge in [-0.2, -0.15) is 5.10 Å². The molecular formula is C12H15N5O. The van der Waals surface area contributed by atoms with Crippen molar-refractivity contribution in [2.24, 2.45) is 5.92 Å². The van der Waals surface area contributed by atoms with Crippen LogP contribution in [0.15, 0.2) is 29.0 Å². The van der Waals surface area contributed by atoms with E-state index in [1.807, 2.05) is 19.1 Å². The molecule has 0 radical (unpaired) electrons. The van der Waals surface area contributed by atoms with Crippen molar-refractivity contribution < 1.29 is 4.42 Å². The highest BCUT2D eigenvalue weighted by Crippen LogP contribution is 2.22. The molecule has 6 nitrogen and oxygen atoms in total. The van der Waals surface area contributed by atoms with Crippen molar-refractivity contribution in [3.05, 3.63) is 30.3 Å². The Hall–Kier alpha value is -2.11. The molecule has 0 unspecified atom stereocenters. The van der Waals surface area contributed by atoms with E-state index in [4.69, 9.17) is 4.42 Å². The van der Waals surface area contributed by atoms with Crippen molar-refractivity contribution >= 4 is 11.8 Å². The molecule has 1 aliphatic heterocycles. The van der Waals surface area contributed by atoms with Crippen LogP contribution in [0, 0.1) is 12.8 Å². The Kier molecular flexibility index (Phi) is 2.84. The molecule has 1 N–H and O–H groups in total. The molecule has 18 heavy (non-hydrogen) atoms. The maximum absolute atomic E-state index is 5.12. The predicted octanol–water partition coefficient (Wildman–Crippen LogP) is 1.32. The minimum Gasteiger partial charge on any atom is -0.432 e. The Morgan fingerprint density at radius 3 is 2.94 bits per heavy atom. The highest BCUT2D eigenvalue weighted by atomic mass is 16.4. The van der Waals surface area contributed by atoms with Gasteiger partial charge in [-0.05, 0) is 19.1 Å². The first kappa shape index (κ1) is 11.0. The van der Waals surface area contributed by atoms with Gasteiger partial charge in [-0.3, -0.25) is 0 Å². The molecule has 94 valence electrons. The Balaban J connectivity index is 1.47. The van der Waals surface area contributed by atoms with Gasteiger partial charge in [-0.1, -0.05) is 0 Å². The van der Waals surface area contributed by atoms with Crippen molar-refractivity contribution in [1.82, 2.24) is 15.2 Å². The molecule has 0 saturated carbocycles. The zero-order valence-electron chi connectivity index (χ0n) is 10.2. The van der Waals surface area contributed by atoms with Gasteiger partial charge >= 0.3 is 0 Å². The molecule has 2 aromatic rings. The Labute approximate surface area is 105 Å². The van der Waals surface area contributed by atoms with Crippen LogP contribution in [-0.4, -0.2) is 34.8 Å². The maximum Gasteiger partial charge on any atom is 0.294 e. The van der Waals surface area contributed by atoms with E-state index < -0.39 is 0 Å². The summed E-state index contributed by atoms with van der Waals surface area (Å²) in [6.45, 7) is 4.79. The number of aryl methyl sites for hydroxylation is 1. The van der Waals surface area contributed by atoms with Crippen molar-refractivity contribution in [2.75, 3.05) is 29.9 Å². The van der Waals surface area contributed by atoms with Crippen LogP contribution in [0.4, 0.5) is 11.8 Å². The summed E-state index contributed by atoms with van der Waals surface area (Å²) in [5, 5.41) is 11.4. The zero-order chi connectivity index (χ0) is 12.4. The summed E-state index contributed by atoms with van der Waals surface area (Å²) in [7, 11) is 0. The van der Waals surface area contributed by atoms with Crippen LogP contribution in [0.2, 0.25) is 0 Å². The largest absolute Gasteiger partial charge is 0.432 e. The fourth-order valence-electron chi connectivity index (χ4n) is 1.99. The van der Waals surface area contributed by atoms with E-state index in [-0.39, 0.29) is 0 Å². The van der Waals surface area contributed by atoms with Gasteiger partial charge in [-0.25, -0.2) is 4.98 Å². The van der Waals surface area contributed by atoms with Crippen LogP contribution in [0.3, 0.4) is 0 Å². The topological polar surface area (TPSA) is 67.1 Å². The van der Waals surface area contributed by atoms with Gasteiger partial charge in [0.15, 0.2) is 5.82 Å². The third kappa shape index (κ3) is 2.27. The molecule has 1 saturated heterocycles. The number of rotatable bonds is 4. The highest BCUT2D eigenvalue weighted by Gasteiger charge is 2.27. The van der Waals surface area contributed by atoms with Crippen LogP contribution < -0.4 is 10.2 Å². The molecule has 0 amide bonds. The lowest BCUT2D eigenvalue weighted by Crippen LogP contribution is -2.50. The molecule has 3 rings (SSSR count). The summed E-state index contributed by atoms with van der Waals surface area (Å²) in [6, 6.07) is 4.59. The second-order valence-electron chi connectivity index (χ2n) is 4.52. The number of hydrogen-bond acceptors (Lipinski definition) is 6. The van der Waals surface area contributed by atoms with Crippen LogP contribution in [-0.2, 0) is 0 Å². The lowest BCUT2D eigenvalue weighted by molar-refractivity contribution is 0.420. The number of hydrogen-bond donors (Lipinski definition) is 1. The first-order valence-corrected chi connectivity index (χ1v) is 6.00. The molecule has 3 heterocycles. The molecule has 0 aliphatic carbocycles. The van der Waals surface area contributed by atoms with Crippen molar-refractivity contribution in [2.45, 2.75) is 6.92 Å². The fraction of sp³-hybridized carbons (Fsp3) is 0.417. The standard InChI is InChI=1S/C12H15N5O/c1-9-2-3-11(16-15-9)17-7-10(8-17)6-14-12-13-4-5-18-12/h2-5,10H,6-8H2,1H3,(H,13,14). The Morgan fingerprint density at radius 2 is 2.28 bits per heavy atom. The van der Waals surface area contributed by atoms with Crippen molar-refractivity contribution in [1.29, 1.82) is 0 Å². The van der Waals surface area contributed by atoms with Gasteiger partial charge in [0.05, 0.1) is 11.9 Å². The van der Waals surface area contributed by atoms with E-state index >= 15 is 0 Å². The SMILES string of the molecule is Cc1ccc(N2CC(CNc3ncco3)C2)nn1. The maximum atomic E-state index is 5.12. The predicted molar refractivity (Wildman–Crippen MR) is 67.5 cm³/mol. The lowest BCUT2D eigenvalue weighted by Gasteiger charge is -2.39. The summed E-state index contributed by atoms with van der Waals surface area (Å²) < 4.78 is 5.12. The molecule has 0 atom stereocenters. The third-order valence-electron chi connectivity index (χ3n) is 3.04. The molecule has 0 bridgehead atoms. The van der Waals surface area contributed by atoms with Crippen molar-refractivity contribution in [3.63, 3.8) is 0 Å². The zero-order valence-corrected chi connectivity index (χ0v) is 10.2. The number of nitrogens with zero attached hydrogens (tertiary/aromatic N) is 4. The van der Waals surface area contributed by atoms with Gasteiger partial charge in [-0.15, -0.1) is 5.10 Å². The Bertz CT molecular complexity index is 490. The average Bonchev–Trinajstić information content (AvgIpc) is 2.82. The van der Waals surface area contributed by atoms with E-state index in [1.165, 1.54) is 0 Å². The summed E-state index contributed by atoms with van der Waals surface area (Å²) in [5.41, 5.74) is 0.946. The number of aromatic nitrogens is 3. The van der Waals surface area contributed by atoms with Crippen molar-refractivity contribution in [3.8, 4) is 0 Å². The molecule has 0 spiro atoms. The minimum atomic E-state index is 0.587. The number of oxazole rings is 1. The second kappa shape index (κ2) is 4.64. The molecule has 1 aliphatic rings. The van der Waals surface area contributed by atoms with Crippen LogP contribution >= 0.6 is 0 Å². The molecule has 0 aromatic carbocycles. The van der Waals surface area contributed by atoms with E-state index in [1.54, 1.807) is 12.5 Å². The molecular weight excluding hydrogens is 230 g/mol. The van der Waals surface area contributed by atoms with Gasteiger partial charge in [0, 0.05) is 25.6 Å². The first-order chi connectivity index (χ1) is 8.81. The lowest BCUT2D eigenvalue weighted by atomic mass is 10.0. The summed E-state index contributed by atoms with van der Waals surface area (Å²) >= 11 is 0. The van der Waals surface area contributed by atoms with Gasteiger partial charge in [0.2, 0.25) is 0 Å². The molecule has 6 heteroatoms. The van der Waals surface area contributed by atoms with Gasteiger partial charge < -0.3 is 14.6 Å². The summed E-state index contributed by atoms with van der Waals surface area (Å²) in [5.74, 6) is 1.55. The Morgan fingerprint density at radius 1 is 1.39 bits per heavy atom. The quantitative estimate of drug-likeness (QED) is 0.876. The monoisotopic (exact) mass is 245 g/mol. The van der Waals surface area contributed by atoms with E-state index in [0.29, 0.717) is 11.9 Å². The van der Waals surface area contributed by atoms with E-state index in [2.05, 4.69) is 25.4 Å². The number of anilines is 2. The van der Waals surface area contributed by atoms with E-state index in [0.717, 1.165) is 31.1 Å². The van der Waals surface area contributed by atoms with E-state index in [9.17, 15) is 0 Å². The minimum absolute atomic E-state index is 0.587. The van der Waals surface area contributed by atoms with Crippen LogP contribution in [0.5, 0.6) is 0 Å². The van der Waals surface area contributed by atoms with Crippen LogP contribution in [0.25, 0.3) is 0 Å². The molecule has 1 fully saturated rings. The summed E-state index contributed by atoms with van der Waals surface area (Å²) in [4.78, 5) is 6.24. The normalized spacial score (nSPS) is 15.5. The highest BCUT2D eigenvalue weighted by molar-refractivity contribution is 5.41. The average molecular weight is 245 g/mol. The fourth-order valence-corrected chi connectivity index (χ4v) is 1.99. The summed E-state index contributed by atoms with van der Waals surface area (Å²) in [6.07, 6.45) is 3.20. The smallest absolute Gasteiger partial charge is 0.294 e. The number of nitrogens with one attached hydrogen (secondary N) is 1. The molecule has 2 aromatic heterocycles. The third-order valence-corrected chi connectivity index (χ3v) is 3.04. The van der Waals surface area contributed by atoms with Gasteiger partial charge in [0.1, 0.15) is 6.26 Å². The van der Waals surface area contributed by atoms with Gasteiger partial charge in [0.25, 0.3) is 6.01 Å². The second-order valence-corrected chi connectivity index (χ2v) is 4.52. The first-order valence-electron chi connectivity index (χ1n) is 6.00. The van der Waals surface area contributed by atoms with Crippen LogP contribution in [0.1, 0.15) is 5.69 Å².